The highest BCUT2D eigenvalue weighted by molar-refractivity contribution is 6.31. The molecule has 0 aromatic heterocycles. The van der Waals surface area contributed by atoms with Gasteiger partial charge >= 0.3 is 0 Å². The Kier molecular flexibility index (Phi) is 6.12. The van der Waals surface area contributed by atoms with E-state index in [9.17, 15) is 19.2 Å². The number of rotatable bonds is 7. The minimum absolute atomic E-state index is 0.0998. The van der Waals surface area contributed by atoms with Crippen LogP contribution in [0.25, 0.3) is 0 Å². The quantitative estimate of drug-likeness (QED) is 0.464. The van der Waals surface area contributed by atoms with E-state index < -0.39 is 47.0 Å². The highest BCUT2D eigenvalue weighted by atomic mass is 35.5. The summed E-state index contributed by atoms with van der Waals surface area (Å²) in [7, 11) is 3.07. The molecule has 10 nitrogen and oxygen atoms in total. The number of anilines is 1. The summed E-state index contributed by atoms with van der Waals surface area (Å²) in [5.41, 5.74) is 6.55. The average molecular weight is 527 g/mol. The molecule has 1 spiro atoms. The van der Waals surface area contributed by atoms with Gasteiger partial charge in [-0.05, 0) is 48.7 Å². The SMILES string of the molecule is COc1ccc(CCN2C(=O)[C@@H]3C(CC(N)=O)NC4(C(=O)Nc5c(C)cc(Cl)cc54)[C@@H]3C2=O)cc1OC. The average Bonchev–Trinajstić information content (AvgIpc) is 3.42. The molecule has 3 aliphatic heterocycles. The number of benzene rings is 2. The molecule has 2 aromatic carbocycles. The third-order valence-corrected chi connectivity index (χ3v) is 7.79. The van der Waals surface area contributed by atoms with E-state index >= 15 is 0 Å². The van der Waals surface area contributed by atoms with E-state index in [0.717, 1.165) is 11.1 Å². The van der Waals surface area contributed by atoms with Crippen LogP contribution in [0.5, 0.6) is 11.5 Å². The molecule has 0 aliphatic carbocycles. The zero-order valence-electron chi connectivity index (χ0n) is 20.6. The van der Waals surface area contributed by atoms with Gasteiger partial charge in [-0.2, -0.15) is 0 Å². The van der Waals surface area contributed by atoms with Crippen LogP contribution < -0.4 is 25.8 Å². The van der Waals surface area contributed by atoms with E-state index in [1.807, 2.05) is 6.07 Å². The van der Waals surface area contributed by atoms with E-state index in [-0.39, 0.29) is 13.0 Å². The van der Waals surface area contributed by atoms with Gasteiger partial charge < -0.3 is 20.5 Å². The number of fused-ring (bicyclic) bond motifs is 4. The maximum Gasteiger partial charge on any atom is 0.250 e. The molecule has 2 fully saturated rings. The number of primary amides is 1. The molecule has 4 amide bonds. The number of nitrogens with one attached hydrogen (secondary N) is 2. The van der Waals surface area contributed by atoms with Crippen molar-refractivity contribution in [3.8, 4) is 11.5 Å². The summed E-state index contributed by atoms with van der Waals surface area (Å²) in [5, 5.41) is 6.43. The zero-order valence-corrected chi connectivity index (χ0v) is 21.3. The number of ether oxygens (including phenoxy) is 2. The van der Waals surface area contributed by atoms with Gasteiger partial charge in [-0.3, -0.25) is 29.4 Å². The molecule has 4 N–H and O–H groups in total. The fourth-order valence-corrected chi connectivity index (χ4v) is 6.26. The van der Waals surface area contributed by atoms with E-state index in [0.29, 0.717) is 34.2 Å². The number of aryl methyl sites for hydroxylation is 1. The monoisotopic (exact) mass is 526 g/mol. The summed E-state index contributed by atoms with van der Waals surface area (Å²) in [6.07, 6.45) is 0.166. The van der Waals surface area contributed by atoms with Gasteiger partial charge in [0.25, 0.3) is 0 Å². The number of hydrogen-bond acceptors (Lipinski definition) is 7. The van der Waals surface area contributed by atoms with Crippen molar-refractivity contribution in [3.63, 3.8) is 0 Å². The van der Waals surface area contributed by atoms with Crippen LogP contribution in [-0.4, -0.2) is 55.3 Å². The van der Waals surface area contributed by atoms with Gasteiger partial charge in [-0.1, -0.05) is 17.7 Å². The maximum atomic E-state index is 13.9. The molecule has 3 aliphatic rings. The zero-order chi connectivity index (χ0) is 26.6. The number of likely N-dealkylation sites (tertiary alicyclic amines) is 1. The molecule has 5 rings (SSSR count). The number of carbonyl (C=O) groups excluding carboxylic acids is 4. The molecule has 2 saturated heterocycles. The van der Waals surface area contributed by atoms with Gasteiger partial charge in [0.15, 0.2) is 11.5 Å². The van der Waals surface area contributed by atoms with E-state index in [1.165, 1.54) is 19.1 Å². The molecule has 37 heavy (non-hydrogen) atoms. The standard InChI is InChI=1S/C26H27ClN4O6/c1-12-8-14(27)10-15-22(12)29-25(35)26(15)21-20(16(30-26)11-19(28)32)23(33)31(24(21)34)7-6-13-4-5-17(36-2)18(9-13)37-3/h4-5,8-10,16,20-21,30H,6-7,11H2,1-3H3,(H2,28,32)(H,29,35)/t16?,20-,21+,26?/m1/s1. The van der Waals surface area contributed by atoms with Crippen molar-refractivity contribution in [2.45, 2.75) is 31.3 Å². The van der Waals surface area contributed by atoms with E-state index in [1.54, 1.807) is 31.2 Å². The largest absolute Gasteiger partial charge is 0.493 e. The Labute approximate surface area is 218 Å². The highest BCUT2D eigenvalue weighted by Gasteiger charge is 2.70. The Bertz CT molecular complexity index is 1350. The van der Waals surface area contributed by atoms with Crippen LogP contribution in [0.4, 0.5) is 5.69 Å². The second-order valence-corrected chi connectivity index (χ2v) is 10.0. The van der Waals surface area contributed by atoms with Crippen LogP contribution in [-0.2, 0) is 31.1 Å². The predicted molar refractivity (Wildman–Crippen MR) is 134 cm³/mol. The molecule has 0 saturated carbocycles. The van der Waals surface area contributed by atoms with Gasteiger partial charge in [0.1, 0.15) is 5.54 Å². The topological polar surface area (TPSA) is 140 Å². The molecule has 2 unspecified atom stereocenters. The number of halogens is 1. The van der Waals surface area contributed by atoms with E-state index in [2.05, 4.69) is 10.6 Å². The van der Waals surface area contributed by atoms with Crippen molar-refractivity contribution < 1.29 is 28.7 Å². The fraction of sp³-hybridized carbons (Fsp3) is 0.385. The van der Waals surface area contributed by atoms with Gasteiger partial charge in [0, 0.05) is 35.3 Å². The Hall–Kier alpha value is -3.63. The summed E-state index contributed by atoms with van der Waals surface area (Å²) < 4.78 is 10.6. The lowest BCUT2D eigenvalue weighted by molar-refractivity contribution is -0.142. The minimum Gasteiger partial charge on any atom is -0.493 e. The Morgan fingerprint density at radius 1 is 1.11 bits per heavy atom. The number of nitrogens with zero attached hydrogens (tertiary/aromatic N) is 1. The van der Waals surface area contributed by atoms with Gasteiger partial charge in [-0.15, -0.1) is 0 Å². The van der Waals surface area contributed by atoms with Gasteiger partial charge in [-0.25, -0.2) is 0 Å². The number of amides is 4. The third-order valence-electron chi connectivity index (χ3n) is 7.57. The fourth-order valence-electron chi connectivity index (χ4n) is 5.98. The second-order valence-electron chi connectivity index (χ2n) is 9.60. The lowest BCUT2D eigenvalue weighted by atomic mass is 9.76. The summed E-state index contributed by atoms with van der Waals surface area (Å²) in [6.45, 7) is 1.90. The predicted octanol–water partition coefficient (Wildman–Crippen LogP) is 1.50. The van der Waals surface area contributed by atoms with Crippen molar-refractivity contribution in [1.82, 2.24) is 10.2 Å². The molecule has 0 bridgehead atoms. The van der Waals surface area contributed by atoms with Crippen LogP contribution in [0, 0.1) is 18.8 Å². The first-order chi connectivity index (χ1) is 17.6. The Morgan fingerprint density at radius 2 is 1.84 bits per heavy atom. The first-order valence-electron chi connectivity index (χ1n) is 11.9. The Morgan fingerprint density at radius 3 is 2.51 bits per heavy atom. The molecule has 194 valence electrons. The molecule has 3 heterocycles. The number of hydrogen-bond donors (Lipinski definition) is 3. The van der Waals surface area contributed by atoms with E-state index in [4.69, 9.17) is 26.8 Å². The van der Waals surface area contributed by atoms with Crippen molar-refractivity contribution in [2.24, 2.45) is 17.6 Å². The maximum absolute atomic E-state index is 13.9. The number of nitrogens with two attached hydrogens (primary N) is 1. The molecule has 0 radical (unpaired) electrons. The summed E-state index contributed by atoms with van der Waals surface area (Å²) in [4.78, 5) is 54.1. The lowest BCUT2D eigenvalue weighted by Gasteiger charge is -2.29. The second kappa shape index (κ2) is 9.04. The molecule has 4 atom stereocenters. The van der Waals surface area contributed by atoms with Crippen molar-refractivity contribution in [3.05, 3.63) is 52.0 Å². The lowest BCUT2D eigenvalue weighted by Crippen LogP contribution is -2.53. The Balaban J connectivity index is 1.51. The summed E-state index contributed by atoms with van der Waals surface area (Å²) in [5.74, 6) is -2.89. The van der Waals surface area contributed by atoms with Crippen LogP contribution in [0.3, 0.4) is 0 Å². The first kappa shape index (κ1) is 25.0. The van der Waals surface area contributed by atoms with Crippen LogP contribution in [0.2, 0.25) is 5.02 Å². The minimum atomic E-state index is -1.54. The van der Waals surface area contributed by atoms with Crippen LogP contribution >= 0.6 is 11.6 Å². The van der Waals surface area contributed by atoms with Gasteiger partial charge in [0.05, 0.1) is 26.1 Å². The van der Waals surface area contributed by atoms with Crippen molar-refractivity contribution in [2.75, 3.05) is 26.1 Å². The number of imide groups is 1. The molecule has 2 aromatic rings. The normalized spacial score (nSPS) is 25.9. The van der Waals surface area contributed by atoms with Crippen LogP contribution in [0.1, 0.15) is 23.1 Å². The van der Waals surface area contributed by atoms with Crippen LogP contribution in [0.15, 0.2) is 30.3 Å². The van der Waals surface area contributed by atoms with Crippen molar-refractivity contribution >= 4 is 40.9 Å². The third kappa shape index (κ3) is 3.74. The molecule has 11 heteroatoms. The van der Waals surface area contributed by atoms with Gasteiger partial charge in [0.2, 0.25) is 23.6 Å². The summed E-state index contributed by atoms with van der Waals surface area (Å²) in [6, 6.07) is 7.92. The highest BCUT2D eigenvalue weighted by Crippen LogP contribution is 2.54. The number of methoxy groups -OCH3 is 2. The van der Waals surface area contributed by atoms with Crippen molar-refractivity contribution in [1.29, 1.82) is 0 Å². The first-order valence-corrected chi connectivity index (χ1v) is 12.2. The summed E-state index contributed by atoms with van der Waals surface area (Å²) >= 11 is 6.34. The number of carbonyl (C=O) groups is 4. The smallest absolute Gasteiger partial charge is 0.250 e. The molecular weight excluding hydrogens is 500 g/mol. The molecular formula is C26H27ClN4O6.